The van der Waals surface area contributed by atoms with Crippen LogP contribution in [-0.4, -0.2) is 6.61 Å². The second-order valence-corrected chi connectivity index (χ2v) is 7.37. The highest BCUT2D eigenvalue weighted by Gasteiger charge is 2.20. The number of rotatable bonds is 5. The molecule has 2 aromatic carbocycles. The van der Waals surface area contributed by atoms with E-state index in [1.54, 1.807) is 0 Å². The predicted octanol–water partition coefficient (Wildman–Crippen LogP) is 6.56. The molecule has 1 saturated carbocycles. The molecule has 0 heterocycles. The molecule has 1 nitrogen and oxygen atoms in total. The minimum absolute atomic E-state index is 0.746. The molecule has 1 aliphatic rings. The summed E-state index contributed by atoms with van der Waals surface area (Å²) >= 11 is 0. The Kier molecular flexibility index (Phi) is 6.78. The van der Waals surface area contributed by atoms with E-state index in [1.807, 2.05) is 24.3 Å². The molecule has 0 atom stereocenters. The third-order valence-electron chi connectivity index (χ3n) is 5.48. The first-order valence-electron chi connectivity index (χ1n) is 10.1. The molecule has 136 valence electrons. The maximum absolute atomic E-state index is 5.61. The summed E-state index contributed by atoms with van der Waals surface area (Å²) in [6, 6.07) is 17.0. The average Bonchev–Trinajstić information content (AvgIpc) is 2.72. The van der Waals surface area contributed by atoms with Crippen LogP contribution in [0.2, 0.25) is 0 Å². The third-order valence-corrected chi connectivity index (χ3v) is 5.48. The van der Waals surface area contributed by atoms with Gasteiger partial charge in [0, 0.05) is 11.1 Å². The van der Waals surface area contributed by atoms with E-state index >= 15 is 0 Å². The number of hydrogen-bond donors (Lipinski definition) is 0. The van der Waals surface area contributed by atoms with E-state index in [0.29, 0.717) is 0 Å². The molecule has 1 fully saturated rings. The molecular formula is C25H30O. The van der Waals surface area contributed by atoms with E-state index in [9.17, 15) is 0 Å². The van der Waals surface area contributed by atoms with Crippen LogP contribution in [0.3, 0.4) is 0 Å². The van der Waals surface area contributed by atoms with E-state index in [2.05, 4.69) is 50.0 Å². The minimum Gasteiger partial charge on any atom is -0.494 e. The number of ether oxygens (including phenoxy) is 1. The molecule has 1 heteroatoms. The van der Waals surface area contributed by atoms with Crippen molar-refractivity contribution in [3.63, 3.8) is 0 Å². The summed E-state index contributed by atoms with van der Waals surface area (Å²) in [6.07, 6.45) is 7.83. The first-order valence-corrected chi connectivity index (χ1v) is 10.1. The van der Waals surface area contributed by atoms with E-state index in [-0.39, 0.29) is 0 Å². The first-order chi connectivity index (χ1) is 12.8. The molecule has 1 aliphatic carbocycles. The van der Waals surface area contributed by atoms with Crippen LogP contribution in [0, 0.1) is 17.8 Å². The van der Waals surface area contributed by atoms with Gasteiger partial charge in [0.2, 0.25) is 0 Å². The fraction of sp³-hybridized carbons (Fsp3) is 0.440. The fourth-order valence-electron chi connectivity index (χ4n) is 3.74. The van der Waals surface area contributed by atoms with Crippen molar-refractivity contribution < 1.29 is 4.74 Å². The molecule has 0 aromatic heterocycles. The maximum Gasteiger partial charge on any atom is 0.119 e. The van der Waals surface area contributed by atoms with Crippen LogP contribution < -0.4 is 4.74 Å². The molecule has 0 saturated heterocycles. The molecule has 0 amide bonds. The predicted molar refractivity (Wildman–Crippen MR) is 110 cm³/mol. The summed E-state index contributed by atoms with van der Waals surface area (Å²) in [5.41, 5.74) is 3.60. The molecule has 0 radical (unpaired) electrons. The smallest absolute Gasteiger partial charge is 0.119 e. The van der Waals surface area contributed by atoms with Crippen LogP contribution in [0.1, 0.15) is 75.0 Å². The Hall–Kier alpha value is -2.20. The number of benzene rings is 2. The van der Waals surface area contributed by atoms with Crippen LogP contribution >= 0.6 is 0 Å². The van der Waals surface area contributed by atoms with E-state index in [0.717, 1.165) is 41.7 Å². The van der Waals surface area contributed by atoms with Crippen LogP contribution in [-0.2, 0) is 0 Å². The zero-order valence-corrected chi connectivity index (χ0v) is 16.1. The lowest BCUT2D eigenvalue weighted by molar-refractivity contribution is 0.317. The summed E-state index contributed by atoms with van der Waals surface area (Å²) in [6.45, 7) is 5.20. The summed E-state index contributed by atoms with van der Waals surface area (Å²) in [5, 5.41) is 0. The van der Waals surface area contributed by atoms with E-state index < -0.39 is 0 Å². The Morgan fingerprint density at radius 1 is 0.808 bits per heavy atom. The molecule has 2 aromatic rings. The van der Waals surface area contributed by atoms with E-state index in [1.165, 1.54) is 37.7 Å². The standard InChI is InChI=1S/C25H30O/c1-3-19-26-25-17-11-22(12-18-25)6-5-21-9-15-24(16-10-21)23-13-7-20(4-2)8-14-23/h9-12,15-18,20,23H,3-4,7-8,13-14,19H2,1-2H3/t20-,23-. The highest BCUT2D eigenvalue weighted by Crippen LogP contribution is 2.36. The van der Waals surface area contributed by atoms with Gasteiger partial charge in [-0.15, -0.1) is 0 Å². The lowest BCUT2D eigenvalue weighted by Gasteiger charge is -2.28. The Balaban J connectivity index is 1.59. The van der Waals surface area contributed by atoms with Gasteiger partial charge in [-0.25, -0.2) is 0 Å². The van der Waals surface area contributed by atoms with Gasteiger partial charge in [0.15, 0.2) is 0 Å². The van der Waals surface area contributed by atoms with Gasteiger partial charge < -0.3 is 4.74 Å². The fourth-order valence-corrected chi connectivity index (χ4v) is 3.74. The number of hydrogen-bond acceptors (Lipinski definition) is 1. The zero-order valence-electron chi connectivity index (χ0n) is 16.1. The van der Waals surface area contributed by atoms with Gasteiger partial charge in [0.25, 0.3) is 0 Å². The Morgan fingerprint density at radius 2 is 1.38 bits per heavy atom. The van der Waals surface area contributed by atoms with Crippen molar-refractivity contribution in [1.82, 2.24) is 0 Å². The summed E-state index contributed by atoms with van der Waals surface area (Å²) in [4.78, 5) is 0. The lowest BCUT2D eigenvalue weighted by Crippen LogP contribution is -2.12. The second kappa shape index (κ2) is 9.48. The third kappa shape index (κ3) is 5.15. The van der Waals surface area contributed by atoms with Crippen molar-refractivity contribution >= 4 is 0 Å². The van der Waals surface area contributed by atoms with Crippen molar-refractivity contribution in [2.75, 3.05) is 6.61 Å². The lowest BCUT2D eigenvalue weighted by atomic mass is 9.78. The average molecular weight is 347 g/mol. The van der Waals surface area contributed by atoms with Crippen molar-refractivity contribution in [2.24, 2.45) is 5.92 Å². The van der Waals surface area contributed by atoms with Crippen LogP contribution in [0.5, 0.6) is 5.75 Å². The van der Waals surface area contributed by atoms with Gasteiger partial charge in [-0.1, -0.05) is 44.2 Å². The molecule has 3 rings (SSSR count). The zero-order chi connectivity index (χ0) is 18.2. The van der Waals surface area contributed by atoms with Gasteiger partial charge in [-0.05, 0) is 85.9 Å². The van der Waals surface area contributed by atoms with Crippen molar-refractivity contribution in [3.05, 3.63) is 65.2 Å². The topological polar surface area (TPSA) is 9.23 Å². The van der Waals surface area contributed by atoms with Gasteiger partial charge in [-0.2, -0.15) is 0 Å². The van der Waals surface area contributed by atoms with Crippen LogP contribution in [0.15, 0.2) is 48.5 Å². The van der Waals surface area contributed by atoms with Gasteiger partial charge >= 0.3 is 0 Å². The second-order valence-electron chi connectivity index (χ2n) is 7.37. The highest BCUT2D eigenvalue weighted by molar-refractivity contribution is 5.45. The van der Waals surface area contributed by atoms with Crippen molar-refractivity contribution in [3.8, 4) is 17.6 Å². The molecule has 0 spiro atoms. The molecular weight excluding hydrogens is 316 g/mol. The largest absolute Gasteiger partial charge is 0.494 e. The Morgan fingerprint density at radius 3 is 1.92 bits per heavy atom. The highest BCUT2D eigenvalue weighted by atomic mass is 16.5. The molecule has 0 N–H and O–H groups in total. The maximum atomic E-state index is 5.61. The minimum atomic E-state index is 0.746. The van der Waals surface area contributed by atoms with E-state index in [4.69, 9.17) is 4.74 Å². The molecule has 0 unspecified atom stereocenters. The molecule has 0 aliphatic heterocycles. The molecule has 26 heavy (non-hydrogen) atoms. The monoisotopic (exact) mass is 346 g/mol. The van der Waals surface area contributed by atoms with Crippen LogP contribution in [0.25, 0.3) is 0 Å². The normalized spacial score (nSPS) is 19.5. The quantitative estimate of drug-likeness (QED) is 0.557. The summed E-state index contributed by atoms with van der Waals surface area (Å²) < 4.78 is 5.61. The summed E-state index contributed by atoms with van der Waals surface area (Å²) in [5.74, 6) is 9.15. The Bertz CT molecular complexity index is 722. The first kappa shape index (κ1) is 18.6. The van der Waals surface area contributed by atoms with Gasteiger partial charge in [0.05, 0.1) is 6.61 Å². The summed E-state index contributed by atoms with van der Waals surface area (Å²) in [7, 11) is 0. The van der Waals surface area contributed by atoms with Gasteiger partial charge in [0.1, 0.15) is 5.75 Å². The van der Waals surface area contributed by atoms with Crippen molar-refractivity contribution in [1.29, 1.82) is 0 Å². The van der Waals surface area contributed by atoms with Gasteiger partial charge in [-0.3, -0.25) is 0 Å². The van der Waals surface area contributed by atoms with Crippen molar-refractivity contribution in [2.45, 2.75) is 58.3 Å². The van der Waals surface area contributed by atoms with Crippen LogP contribution in [0.4, 0.5) is 0 Å². The SMILES string of the molecule is CCCOc1ccc(C#Cc2ccc([C@H]3CC[C@H](CC)CC3)cc2)cc1. The molecule has 0 bridgehead atoms. The Labute approximate surface area is 158 Å².